The van der Waals surface area contributed by atoms with Crippen molar-refractivity contribution in [1.82, 2.24) is 0 Å². The predicted molar refractivity (Wildman–Crippen MR) is 105 cm³/mol. The second-order valence-corrected chi connectivity index (χ2v) is 6.24. The van der Waals surface area contributed by atoms with Crippen LogP contribution in [-0.4, -0.2) is 22.6 Å². The zero-order chi connectivity index (χ0) is 20.5. The second kappa shape index (κ2) is 7.01. The predicted octanol–water partition coefficient (Wildman–Crippen LogP) is 3.65. The van der Waals surface area contributed by atoms with Crippen molar-refractivity contribution < 1.29 is 19.3 Å². The Labute approximate surface area is 164 Å². The van der Waals surface area contributed by atoms with Crippen LogP contribution >= 0.6 is 0 Å². The maximum atomic E-state index is 13.3. The van der Waals surface area contributed by atoms with E-state index in [2.05, 4.69) is 5.32 Å². The van der Waals surface area contributed by atoms with Gasteiger partial charge in [-0.15, -0.1) is 0 Å². The van der Waals surface area contributed by atoms with Gasteiger partial charge in [0.25, 0.3) is 23.4 Å². The average Bonchev–Trinajstić information content (AvgIpc) is 2.73. The zero-order valence-corrected chi connectivity index (χ0v) is 14.9. The Balaban J connectivity index is 1.96. The number of carbonyl (C=O) groups is 3. The van der Waals surface area contributed by atoms with Crippen LogP contribution in [0.4, 0.5) is 17.1 Å². The van der Waals surface area contributed by atoms with Gasteiger partial charge in [0.1, 0.15) is 5.56 Å². The Morgan fingerprint density at radius 2 is 1.48 bits per heavy atom. The van der Waals surface area contributed by atoms with Crippen molar-refractivity contribution in [2.45, 2.75) is 0 Å². The molecule has 3 aromatic carbocycles. The van der Waals surface area contributed by atoms with Crippen LogP contribution in [0, 0.1) is 10.1 Å². The molecule has 1 aliphatic heterocycles. The standard InChI is InChI=1S/C21H13N3O5/c25-19-14-8-2-5-11-17(14)23(20(26)13-7-1-4-10-16(13)22-19)21(27)15-9-3-6-12-18(15)24(28)29/h1-12H,(H,22,25). The summed E-state index contributed by atoms with van der Waals surface area (Å²) in [6.45, 7) is 0. The number of imide groups is 1. The van der Waals surface area contributed by atoms with Gasteiger partial charge in [0.05, 0.1) is 27.4 Å². The minimum atomic E-state index is -0.890. The molecule has 0 unspecified atom stereocenters. The Kier molecular flexibility index (Phi) is 4.36. The first-order chi connectivity index (χ1) is 14.0. The number of carbonyl (C=O) groups excluding carboxylic acids is 3. The summed E-state index contributed by atoms with van der Waals surface area (Å²) in [5, 5.41) is 14.1. The van der Waals surface area contributed by atoms with Crippen LogP contribution in [0.25, 0.3) is 0 Å². The molecule has 0 fully saturated rings. The monoisotopic (exact) mass is 387 g/mol. The lowest BCUT2D eigenvalue weighted by molar-refractivity contribution is -0.385. The van der Waals surface area contributed by atoms with Gasteiger partial charge in [-0.3, -0.25) is 24.5 Å². The summed E-state index contributed by atoms with van der Waals surface area (Å²) in [5.41, 5.74) is -0.184. The third-order valence-electron chi connectivity index (χ3n) is 4.53. The van der Waals surface area contributed by atoms with E-state index in [0.717, 1.165) is 4.90 Å². The SMILES string of the molecule is O=C1Nc2ccccc2C(=O)N(C(=O)c2ccccc2[N+](=O)[O-])c2ccccc21. The normalized spacial score (nSPS) is 12.9. The highest BCUT2D eigenvalue weighted by Gasteiger charge is 2.35. The van der Waals surface area contributed by atoms with Gasteiger partial charge in [-0.05, 0) is 30.3 Å². The molecule has 0 atom stereocenters. The van der Waals surface area contributed by atoms with Gasteiger partial charge in [0.2, 0.25) is 0 Å². The first-order valence-electron chi connectivity index (χ1n) is 8.60. The summed E-state index contributed by atoms with van der Waals surface area (Å²) in [4.78, 5) is 51.0. The van der Waals surface area contributed by atoms with Crippen molar-refractivity contribution in [3.63, 3.8) is 0 Å². The van der Waals surface area contributed by atoms with Crippen molar-refractivity contribution in [1.29, 1.82) is 0 Å². The highest BCUT2D eigenvalue weighted by atomic mass is 16.6. The topological polar surface area (TPSA) is 110 Å². The maximum Gasteiger partial charge on any atom is 0.282 e. The van der Waals surface area contributed by atoms with Crippen molar-refractivity contribution in [2.75, 3.05) is 10.2 Å². The van der Waals surface area contributed by atoms with Crippen LogP contribution in [0.15, 0.2) is 72.8 Å². The summed E-state index contributed by atoms with van der Waals surface area (Å²) in [6.07, 6.45) is 0. The molecule has 8 heteroatoms. The fourth-order valence-electron chi connectivity index (χ4n) is 3.19. The summed E-state index contributed by atoms with van der Waals surface area (Å²) in [6, 6.07) is 17.8. The van der Waals surface area contributed by atoms with Crippen LogP contribution in [0.2, 0.25) is 0 Å². The number of rotatable bonds is 2. The number of hydrogen-bond donors (Lipinski definition) is 1. The summed E-state index contributed by atoms with van der Waals surface area (Å²) >= 11 is 0. The first kappa shape index (κ1) is 18.1. The van der Waals surface area contributed by atoms with Crippen LogP contribution in [0.3, 0.4) is 0 Å². The van der Waals surface area contributed by atoms with Gasteiger partial charge in [0.15, 0.2) is 0 Å². The number of nitrogens with one attached hydrogen (secondary N) is 1. The van der Waals surface area contributed by atoms with Gasteiger partial charge < -0.3 is 5.32 Å². The quantitative estimate of drug-likeness (QED) is 0.410. The number of nitro groups is 1. The van der Waals surface area contributed by atoms with E-state index in [1.807, 2.05) is 0 Å². The third-order valence-corrected chi connectivity index (χ3v) is 4.53. The highest BCUT2D eigenvalue weighted by Crippen LogP contribution is 2.31. The number of nitrogens with zero attached hydrogens (tertiary/aromatic N) is 2. The molecule has 0 aromatic heterocycles. The van der Waals surface area contributed by atoms with E-state index in [-0.39, 0.29) is 28.1 Å². The van der Waals surface area contributed by atoms with Gasteiger partial charge in [-0.2, -0.15) is 0 Å². The molecule has 8 nitrogen and oxygen atoms in total. The highest BCUT2D eigenvalue weighted by molar-refractivity contribution is 6.31. The molecule has 142 valence electrons. The summed E-state index contributed by atoms with van der Waals surface area (Å²) in [7, 11) is 0. The Morgan fingerprint density at radius 1 is 0.862 bits per heavy atom. The molecular formula is C21H13N3O5. The Hall–Kier alpha value is -4.33. The molecule has 29 heavy (non-hydrogen) atoms. The average molecular weight is 387 g/mol. The van der Waals surface area contributed by atoms with E-state index in [9.17, 15) is 24.5 Å². The van der Waals surface area contributed by atoms with E-state index in [1.54, 1.807) is 30.3 Å². The van der Waals surface area contributed by atoms with Gasteiger partial charge >= 0.3 is 0 Å². The van der Waals surface area contributed by atoms with E-state index in [0.29, 0.717) is 0 Å². The lowest BCUT2D eigenvalue weighted by atomic mass is 10.0. The minimum absolute atomic E-state index is 0.0488. The van der Waals surface area contributed by atoms with Crippen molar-refractivity contribution in [3.8, 4) is 0 Å². The fourth-order valence-corrected chi connectivity index (χ4v) is 3.19. The molecule has 0 radical (unpaired) electrons. The van der Waals surface area contributed by atoms with Crippen molar-refractivity contribution >= 4 is 34.8 Å². The lowest BCUT2D eigenvalue weighted by Gasteiger charge is -2.26. The molecule has 1 aliphatic rings. The third kappa shape index (κ3) is 3.02. The Bertz CT molecular complexity index is 1190. The van der Waals surface area contributed by atoms with Gasteiger partial charge in [-0.25, -0.2) is 4.90 Å². The lowest BCUT2D eigenvalue weighted by Crippen LogP contribution is -2.40. The maximum absolute atomic E-state index is 13.3. The summed E-state index contributed by atoms with van der Waals surface area (Å²) < 4.78 is 0. The number of hydrogen-bond acceptors (Lipinski definition) is 5. The van der Waals surface area contributed by atoms with E-state index in [4.69, 9.17) is 0 Å². The van der Waals surface area contributed by atoms with E-state index in [1.165, 1.54) is 42.5 Å². The van der Waals surface area contributed by atoms with Crippen molar-refractivity contribution in [3.05, 3.63) is 99.6 Å². The molecule has 1 N–H and O–H groups in total. The molecule has 3 amide bonds. The number of amides is 3. The molecule has 0 saturated carbocycles. The molecule has 1 heterocycles. The van der Waals surface area contributed by atoms with Crippen LogP contribution < -0.4 is 10.2 Å². The number of benzene rings is 3. The van der Waals surface area contributed by atoms with Crippen LogP contribution in [-0.2, 0) is 0 Å². The van der Waals surface area contributed by atoms with E-state index < -0.39 is 28.3 Å². The van der Waals surface area contributed by atoms with Gasteiger partial charge in [0, 0.05) is 6.07 Å². The number of fused-ring (bicyclic) bond motifs is 2. The van der Waals surface area contributed by atoms with Crippen LogP contribution in [0.5, 0.6) is 0 Å². The second-order valence-electron chi connectivity index (χ2n) is 6.24. The Morgan fingerprint density at radius 3 is 2.24 bits per heavy atom. The summed E-state index contributed by atoms with van der Waals surface area (Å²) in [5.74, 6) is -2.09. The van der Waals surface area contributed by atoms with Crippen LogP contribution in [0.1, 0.15) is 31.1 Å². The smallest absolute Gasteiger partial charge is 0.282 e. The van der Waals surface area contributed by atoms with Crippen molar-refractivity contribution in [2.24, 2.45) is 0 Å². The number of nitro benzene ring substituents is 1. The molecule has 0 bridgehead atoms. The molecule has 3 aromatic rings. The molecular weight excluding hydrogens is 374 g/mol. The minimum Gasteiger partial charge on any atom is -0.321 e. The molecule has 0 saturated heterocycles. The number of anilines is 2. The number of para-hydroxylation sites is 3. The fraction of sp³-hybridized carbons (Fsp3) is 0. The molecule has 0 aliphatic carbocycles. The first-order valence-corrected chi connectivity index (χ1v) is 8.60. The largest absolute Gasteiger partial charge is 0.321 e. The molecule has 4 rings (SSSR count). The van der Waals surface area contributed by atoms with E-state index >= 15 is 0 Å². The zero-order valence-electron chi connectivity index (χ0n) is 14.9. The molecule has 0 spiro atoms. The van der Waals surface area contributed by atoms with Gasteiger partial charge in [-0.1, -0.05) is 36.4 Å².